The molecule has 0 amide bonds. The zero-order valence-corrected chi connectivity index (χ0v) is 12.3. The van der Waals surface area contributed by atoms with Crippen LogP contribution >= 0.6 is 11.6 Å². The number of rotatable bonds is 4. The van der Waals surface area contributed by atoms with Crippen molar-refractivity contribution in [1.29, 1.82) is 0 Å². The Kier molecular flexibility index (Phi) is 3.51. The molecule has 0 fully saturated rings. The highest BCUT2D eigenvalue weighted by Gasteiger charge is 2.08. The molecule has 3 aromatic rings. The molecule has 0 aliphatic heterocycles. The molecule has 104 valence electrons. The van der Waals surface area contributed by atoms with Crippen LogP contribution in [0.5, 0.6) is 0 Å². The predicted molar refractivity (Wildman–Crippen MR) is 78.8 cm³/mol. The summed E-state index contributed by atoms with van der Waals surface area (Å²) in [5.41, 5.74) is 1.92. The Morgan fingerprint density at radius 3 is 2.80 bits per heavy atom. The number of imidazole rings is 1. The highest BCUT2D eigenvalue weighted by molar-refractivity contribution is 6.30. The van der Waals surface area contributed by atoms with Gasteiger partial charge in [0.15, 0.2) is 0 Å². The Balaban J connectivity index is 1.72. The highest BCUT2D eigenvalue weighted by atomic mass is 35.5. The van der Waals surface area contributed by atoms with Gasteiger partial charge in [-0.3, -0.25) is 4.90 Å². The molecule has 0 bridgehead atoms. The average molecular weight is 290 g/mol. The summed E-state index contributed by atoms with van der Waals surface area (Å²) in [7, 11) is 2.05. The summed E-state index contributed by atoms with van der Waals surface area (Å²) in [4.78, 5) is 6.74. The Morgan fingerprint density at radius 2 is 2.05 bits per heavy atom. The molecule has 0 atom stereocenters. The number of furan rings is 1. The molecule has 3 heterocycles. The van der Waals surface area contributed by atoms with Gasteiger partial charge in [-0.25, -0.2) is 4.98 Å². The van der Waals surface area contributed by atoms with Crippen LogP contribution in [0.3, 0.4) is 0 Å². The molecule has 20 heavy (non-hydrogen) atoms. The van der Waals surface area contributed by atoms with Crippen molar-refractivity contribution < 1.29 is 4.42 Å². The number of aryl methyl sites for hydroxylation is 1. The Hall–Kier alpha value is -1.78. The number of nitrogens with zero attached hydrogens (tertiary/aromatic N) is 3. The van der Waals surface area contributed by atoms with E-state index in [1.807, 2.05) is 48.0 Å². The highest BCUT2D eigenvalue weighted by Crippen LogP contribution is 2.14. The smallest absolute Gasteiger partial charge is 0.137 e. The van der Waals surface area contributed by atoms with E-state index in [0.29, 0.717) is 5.02 Å². The first-order valence-electron chi connectivity index (χ1n) is 6.47. The van der Waals surface area contributed by atoms with Gasteiger partial charge in [-0.05, 0) is 38.2 Å². The van der Waals surface area contributed by atoms with E-state index < -0.39 is 0 Å². The SMILES string of the molecule is Cc1ccc(CN(C)Cc2cn3cc(Cl)ccc3n2)o1. The molecular formula is C15H16ClN3O. The molecule has 0 saturated carbocycles. The van der Waals surface area contributed by atoms with Gasteiger partial charge in [0.1, 0.15) is 17.2 Å². The van der Waals surface area contributed by atoms with E-state index in [0.717, 1.165) is 36.0 Å². The second-order valence-electron chi connectivity index (χ2n) is 5.03. The lowest BCUT2D eigenvalue weighted by Gasteiger charge is -2.12. The Labute approximate surface area is 122 Å². The summed E-state index contributed by atoms with van der Waals surface area (Å²) < 4.78 is 7.53. The monoisotopic (exact) mass is 289 g/mol. The van der Waals surface area contributed by atoms with Gasteiger partial charge in [0, 0.05) is 18.9 Å². The summed E-state index contributed by atoms with van der Waals surface area (Å²) in [6.07, 6.45) is 3.87. The average Bonchev–Trinajstić information content (AvgIpc) is 2.94. The maximum atomic E-state index is 5.97. The lowest BCUT2D eigenvalue weighted by Crippen LogP contribution is -2.17. The number of aromatic nitrogens is 2. The fourth-order valence-electron chi connectivity index (χ4n) is 2.26. The molecule has 3 aromatic heterocycles. The van der Waals surface area contributed by atoms with Gasteiger partial charge in [-0.2, -0.15) is 0 Å². The van der Waals surface area contributed by atoms with Crippen LogP contribution in [-0.4, -0.2) is 21.3 Å². The maximum Gasteiger partial charge on any atom is 0.137 e. The lowest BCUT2D eigenvalue weighted by atomic mass is 10.3. The van der Waals surface area contributed by atoms with Crippen LogP contribution in [0.25, 0.3) is 5.65 Å². The minimum absolute atomic E-state index is 0.709. The van der Waals surface area contributed by atoms with Gasteiger partial charge in [0.05, 0.1) is 17.3 Å². The maximum absolute atomic E-state index is 5.97. The van der Waals surface area contributed by atoms with E-state index in [1.54, 1.807) is 0 Å². The number of hydrogen-bond acceptors (Lipinski definition) is 3. The van der Waals surface area contributed by atoms with E-state index in [9.17, 15) is 0 Å². The van der Waals surface area contributed by atoms with Crippen molar-refractivity contribution in [3.05, 3.63) is 58.9 Å². The van der Waals surface area contributed by atoms with Crippen LogP contribution < -0.4 is 0 Å². The molecule has 0 aliphatic rings. The zero-order valence-electron chi connectivity index (χ0n) is 11.5. The first-order chi connectivity index (χ1) is 9.60. The van der Waals surface area contributed by atoms with Crippen molar-refractivity contribution in [2.24, 2.45) is 0 Å². The van der Waals surface area contributed by atoms with Crippen LogP contribution in [0.15, 0.2) is 41.1 Å². The first-order valence-corrected chi connectivity index (χ1v) is 6.85. The third kappa shape index (κ3) is 2.86. The van der Waals surface area contributed by atoms with Crippen LogP contribution in [0.2, 0.25) is 5.02 Å². The topological polar surface area (TPSA) is 33.7 Å². The van der Waals surface area contributed by atoms with Crippen LogP contribution in [0.1, 0.15) is 17.2 Å². The molecule has 0 saturated heterocycles. The van der Waals surface area contributed by atoms with Crippen LogP contribution in [-0.2, 0) is 13.1 Å². The van der Waals surface area contributed by atoms with Gasteiger partial charge < -0.3 is 8.82 Å². The van der Waals surface area contributed by atoms with Crippen molar-refractivity contribution in [3.63, 3.8) is 0 Å². The molecule has 0 aliphatic carbocycles. The molecular weight excluding hydrogens is 274 g/mol. The minimum Gasteiger partial charge on any atom is -0.465 e. The zero-order chi connectivity index (χ0) is 14.1. The van der Waals surface area contributed by atoms with Gasteiger partial charge in [-0.15, -0.1) is 0 Å². The van der Waals surface area contributed by atoms with E-state index >= 15 is 0 Å². The largest absolute Gasteiger partial charge is 0.465 e. The van der Waals surface area contributed by atoms with Gasteiger partial charge in [0.2, 0.25) is 0 Å². The normalized spacial score (nSPS) is 11.6. The number of fused-ring (bicyclic) bond motifs is 1. The summed E-state index contributed by atoms with van der Waals surface area (Å²) in [5.74, 6) is 1.91. The molecule has 0 N–H and O–H groups in total. The second kappa shape index (κ2) is 5.31. The van der Waals surface area contributed by atoms with E-state index in [4.69, 9.17) is 16.0 Å². The molecule has 3 rings (SSSR count). The van der Waals surface area contributed by atoms with Gasteiger partial charge in [-0.1, -0.05) is 11.6 Å². The Morgan fingerprint density at radius 1 is 1.20 bits per heavy atom. The van der Waals surface area contributed by atoms with E-state index in [1.165, 1.54) is 0 Å². The van der Waals surface area contributed by atoms with Crippen molar-refractivity contribution >= 4 is 17.2 Å². The quantitative estimate of drug-likeness (QED) is 0.737. The third-order valence-electron chi connectivity index (χ3n) is 3.12. The fourth-order valence-corrected chi connectivity index (χ4v) is 2.43. The predicted octanol–water partition coefficient (Wildman–Crippen LogP) is 3.52. The third-order valence-corrected chi connectivity index (χ3v) is 3.34. The van der Waals surface area contributed by atoms with Crippen molar-refractivity contribution in [1.82, 2.24) is 14.3 Å². The van der Waals surface area contributed by atoms with Crippen LogP contribution in [0, 0.1) is 6.92 Å². The van der Waals surface area contributed by atoms with Crippen LogP contribution in [0.4, 0.5) is 0 Å². The van der Waals surface area contributed by atoms with Gasteiger partial charge in [0.25, 0.3) is 0 Å². The number of halogens is 1. The fraction of sp³-hybridized carbons (Fsp3) is 0.267. The Bertz CT molecular complexity index is 732. The summed E-state index contributed by atoms with van der Waals surface area (Å²) in [6, 6.07) is 7.76. The van der Waals surface area contributed by atoms with Crippen molar-refractivity contribution in [3.8, 4) is 0 Å². The molecule has 5 heteroatoms. The molecule has 0 radical (unpaired) electrons. The van der Waals surface area contributed by atoms with E-state index in [2.05, 4.69) is 16.9 Å². The second-order valence-corrected chi connectivity index (χ2v) is 5.47. The standard InChI is InChI=1S/C15H16ClN3O/c1-11-3-5-14(20-11)10-18(2)8-13-9-19-7-12(16)4-6-15(19)17-13/h3-7,9H,8,10H2,1-2H3. The first kappa shape index (κ1) is 13.2. The molecule has 4 nitrogen and oxygen atoms in total. The molecule has 0 unspecified atom stereocenters. The molecule has 0 spiro atoms. The van der Waals surface area contributed by atoms with Crippen molar-refractivity contribution in [2.75, 3.05) is 7.05 Å². The number of hydrogen-bond donors (Lipinski definition) is 0. The van der Waals surface area contributed by atoms with Crippen molar-refractivity contribution in [2.45, 2.75) is 20.0 Å². The minimum atomic E-state index is 0.709. The molecule has 0 aromatic carbocycles. The summed E-state index contributed by atoms with van der Waals surface area (Å²) >= 11 is 5.97. The van der Waals surface area contributed by atoms with E-state index in [-0.39, 0.29) is 0 Å². The summed E-state index contributed by atoms with van der Waals surface area (Å²) in [5, 5.41) is 0.709. The lowest BCUT2D eigenvalue weighted by molar-refractivity contribution is 0.283. The van der Waals surface area contributed by atoms with Gasteiger partial charge >= 0.3 is 0 Å². The number of pyridine rings is 1. The summed E-state index contributed by atoms with van der Waals surface area (Å²) in [6.45, 7) is 3.48.